The van der Waals surface area contributed by atoms with Gasteiger partial charge in [0, 0.05) is 44.8 Å². The van der Waals surface area contributed by atoms with Crippen molar-refractivity contribution in [2.24, 2.45) is 0 Å². The number of alkyl halides is 3. The largest absolute Gasteiger partial charge is 0.401 e. The van der Waals surface area contributed by atoms with E-state index in [1.807, 2.05) is 0 Å². The molecule has 1 saturated heterocycles. The number of nitrogens with one attached hydrogen (secondary N) is 1. The van der Waals surface area contributed by atoms with Gasteiger partial charge in [-0.15, -0.1) is 0 Å². The molecule has 1 N–H and O–H groups in total. The summed E-state index contributed by atoms with van der Waals surface area (Å²) in [7, 11) is 0. The Hall–Kier alpha value is -0.330. The van der Waals surface area contributed by atoms with Crippen LogP contribution >= 0.6 is 0 Å². The molecule has 0 spiro atoms. The summed E-state index contributed by atoms with van der Waals surface area (Å²) in [6, 6.07) is 1.11. The molecule has 3 nitrogen and oxygen atoms in total. The minimum Gasteiger partial charge on any atom is -0.312 e. The Kier molecular flexibility index (Phi) is 4.50. The highest BCUT2D eigenvalue weighted by molar-refractivity contribution is 4.84. The summed E-state index contributed by atoms with van der Waals surface area (Å²) in [4.78, 5) is 3.78. The summed E-state index contributed by atoms with van der Waals surface area (Å²) >= 11 is 0. The van der Waals surface area contributed by atoms with Crippen molar-refractivity contribution in [3.63, 3.8) is 0 Å². The van der Waals surface area contributed by atoms with Gasteiger partial charge in [-0.2, -0.15) is 13.2 Å². The molecule has 2 rings (SSSR count). The predicted molar refractivity (Wildman–Crippen MR) is 64.6 cm³/mol. The van der Waals surface area contributed by atoms with Crippen molar-refractivity contribution in [3.8, 4) is 0 Å². The molecule has 0 amide bonds. The summed E-state index contributed by atoms with van der Waals surface area (Å²) in [6.45, 7) is 4.85. The van der Waals surface area contributed by atoms with Crippen LogP contribution in [-0.2, 0) is 0 Å². The number of piperazine rings is 1. The average molecular weight is 265 g/mol. The van der Waals surface area contributed by atoms with Gasteiger partial charge >= 0.3 is 6.18 Å². The van der Waals surface area contributed by atoms with Crippen LogP contribution in [0.25, 0.3) is 0 Å². The van der Waals surface area contributed by atoms with Crippen molar-refractivity contribution in [3.05, 3.63) is 0 Å². The first-order chi connectivity index (χ1) is 8.44. The quantitative estimate of drug-likeness (QED) is 0.808. The first-order valence-electron chi connectivity index (χ1n) is 6.70. The van der Waals surface area contributed by atoms with E-state index >= 15 is 0 Å². The maximum absolute atomic E-state index is 12.2. The van der Waals surface area contributed by atoms with E-state index in [0.29, 0.717) is 25.2 Å². The lowest BCUT2D eigenvalue weighted by Crippen LogP contribution is -2.53. The lowest BCUT2D eigenvalue weighted by Gasteiger charge is -2.38. The van der Waals surface area contributed by atoms with Gasteiger partial charge in [0.15, 0.2) is 0 Å². The number of rotatable bonds is 5. The molecule has 2 aliphatic rings. The van der Waals surface area contributed by atoms with Crippen LogP contribution in [-0.4, -0.2) is 67.3 Å². The molecule has 0 bridgehead atoms. The Bertz CT molecular complexity index is 258. The molecule has 106 valence electrons. The third-order valence-electron chi connectivity index (χ3n) is 3.71. The van der Waals surface area contributed by atoms with Gasteiger partial charge in [-0.25, -0.2) is 0 Å². The maximum Gasteiger partial charge on any atom is 0.401 e. The molecule has 6 heteroatoms. The highest BCUT2D eigenvalue weighted by atomic mass is 19.4. The molecule has 2 fully saturated rings. The molecule has 1 aliphatic heterocycles. The van der Waals surface area contributed by atoms with E-state index in [4.69, 9.17) is 0 Å². The van der Waals surface area contributed by atoms with Crippen molar-refractivity contribution in [2.75, 3.05) is 39.3 Å². The lowest BCUT2D eigenvalue weighted by molar-refractivity contribution is -0.149. The normalized spacial score (nSPS) is 25.3. The number of hydrogen-bond donors (Lipinski definition) is 1. The standard InChI is InChI=1S/C12H22F3N3/c1-10(8-16-11-2-3-11)18-6-4-17(5-7-18)9-12(13,14)15/h10-11,16H,2-9H2,1H3. The van der Waals surface area contributed by atoms with E-state index in [0.717, 1.165) is 19.6 Å². The highest BCUT2D eigenvalue weighted by Gasteiger charge is 2.32. The maximum atomic E-state index is 12.2. The van der Waals surface area contributed by atoms with Gasteiger partial charge in [0.05, 0.1) is 6.54 Å². The van der Waals surface area contributed by atoms with E-state index in [9.17, 15) is 13.2 Å². The Labute approximate surface area is 106 Å². The van der Waals surface area contributed by atoms with E-state index in [1.54, 1.807) is 0 Å². The molecule has 0 aromatic carbocycles. The molecule has 1 saturated carbocycles. The molecule has 0 radical (unpaired) electrons. The summed E-state index contributed by atoms with van der Waals surface area (Å²) in [6.07, 6.45) is -1.53. The van der Waals surface area contributed by atoms with Crippen molar-refractivity contribution in [1.82, 2.24) is 15.1 Å². The summed E-state index contributed by atoms with van der Waals surface area (Å²) in [5.41, 5.74) is 0. The SMILES string of the molecule is CC(CNC1CC1)N1CCN(CC(F)(F)F)CC1. The topological polar surface area (TPSA) is 18.5 Å². The lowest BCUT2D eigenvalue weighted by atomic mass is 10.2. The third kappa shape index (κ3) is 4.74. The van der Waals surface area contributed by atoms with Crippen LogP contribution in [0.3, 0.4) is 0 Å². The van der Waals surface area contributed by atoms with Crippen molar-refractivity contribution in [1.29, 1.82) is 0 Å². The van der Waals surface area contributed by atoms with Crippen LogP contribution in [0.15, 0.2) is 0 Å². The van der Waals surface area contributed by atoms with Crippen LogP contribution < -0.4 is 5.32 Å². The Balaban J connectivity index is 1.65. The average Bonchev–Trinajstić information content (AvgIpc) is 3.08. The zero-order valence-electron chi connectivity index (χ0n) is 10.8. The third-order valence-corrected chi connectivity index (χ3v) is 3.71. The summed E-state index contributed by atoms with van der Waals surface area (Å²) in [5.74, 6) is 0. The van der Waals surface area contributed by atoms with Crippen LogP contribution in [0.4, 0.5) is 13.2 Å². The molecular weight excluding hydrogens is 243 g/mol. The van der Waals surface area contributed by atoms with Crippen molar-refractivity contribution < 1.29 is 13.2 Å². The first-order valence-corrected chi connectivity index (χ1v) is 6.70. The minimum absolute atomic E-state index is 0.415. The van der Waals surface area contributed by atoms with Gasteiger partial charge in [-0.05, 0) is 19.8 Å². The van der Waals surface area contributed by atoms with Crippen LogP contribution in [0, 0.1) is 0 Å². The molecule has 1 unspecified atom stereocenters. The minimum atomic E-state index is -4.07. The second-order valence-electron chi connectivity index (χ2n) is 5.46. The molecule has 18 heavy (non-hydrogen) atoms. The van der Waals surface area contributed by atoms with E-state index in [2.05, 4.69) is 17.1 Å². The van der Waals surface area contributed by atoms with Crippen molar-refractivity contribution in [2.45, 2.75) is 38.0 Å². The summed E-state index contributed by atoms with van der Waals surface area (Å²) < 4.78 is 36.7. The fraction of sp³-hybridized carbons (Fsp3) is 1.00. The van der Waals surface area contributed by atoms with Crippen LogP contribution in [0.5, 0.6) is 0 Å². The number of hydrogen-bond acceptors (Lipinski definition) is 3. The highest BCUT2D eigenvalue weighted by Crippen LogP contribution is 2.20. The molecule has 1 atom stereocenters. The first kappa shape index (κ1) is 14.1. The van der Waals surface area contributed by atoms with Gasteiger partial charge in [-0.1, -0.05) is 0 Å². The number of halogens is 3. The van der Waals surface area contributed by atoms with Crippen LogP contribution in [0.1, 0.15) is 19.8 Å². The number of nitrogens with zero attached hydrogens (tertiary/aromatic N) is 2. The fourth-order valence-electron chi connectivity index (χ4n) is 2.37. The van der Waals surface area contributed by atoms with E-state index < -0.39 is 12.7 Å². The second-order valence-corrected chi connectivity index (χ2v) is 5.46. The van der Waals surface area contributed by atoms with Crippen LogP contribution in [0.2, 0.25) is 0 Å². The zero-order valence-corrected chi connectivity index (χ0v) is 10.8. The van der Waals surface area contributed by atoms with Gasteiger partial charge in [-0.3, -0.25) is 9.80 Å². The van der Waals surface area contributed by atoms with E-state index in [1.165, 1.54) is 17.7 Å². The van der Waals surface area contributed by atoms with E-state index in [-0.39, 0.29) is 0 Å². The molecular formula is C12H22F3N3. The van der Waals surface area contributed by atoms with Gasteiger partial charge in [0.1, 0.15) is 0 Å². The second kappa shape index (κ2) is 5.75. The van der Waals surface area contributed by atoms with Gasteiger partial charge in [0.2, 0.25) is 0 Å². The predicted octanol–water partition coefficient (Wildman–Crippen LogP) is 1.31. The summed E-state index contributed by atoms with van der Waals surface area (Å²) in [5, 5.41) is 3.47. The molecule has 1 heterocycles. The smallest absolute Gasteiger partial charge is 0.312 e. The molecule has 0 aromatic heterocycles. The Morgan fingerprint density at radius 2 is 1.78 bits per heavy atom. The molecule has 0 aromatic rings. The Morgan fingerprint density at radius 1 is 1.17 bits per heavy atom. The fourth-order valence-corrected chi connectivity index (χ4v) is 2.37. The molecule has 1 aliphatic carbocycles. The Morgan fingerprint density at radius 3 is 2.28 bits per heavy atom. The monoisotopic (exact) mass is 265 g/mol. The van der Waals surface area contributed by atoms with Crippen molar-refractivity contribution >= 4 is 0 Å². The zero-order chi connectivity index (χ0) is 13.2. The van der Waals surface area contributed by atoms with Gasteiger partial charge in [0.25, 0.3) is 0 Å². The van der Waals surface area contributed by atoms with Gasteiger partial charge < -0.3 is 5.32 Å².